The van der Waals surface area contributed by atoms with Gasteiger partial charge >= 0.3 is 6.09 Å². The van der Waals surface area contributed by atoms with E-state index in [1.165, 1.54) is 0 Å². The summed E-state index contributed by atoms with van der Waals surface area (Å²) in [4.78, 5) is 12.1. The summed E-state index contributed by atoms with van der Waals surface area (Å²) in [5.41, 5.74) is 1.24. The van der Waals surface area contributed by atoms with Crippen LogP contribution in [0.1, 0.15) is 31.4 Å². The molecule has 1 amide bonds. The molecule has 1 N–H and O–H groups in total. The molecule has 22 heavy (non-hydrogen) atoms. The van der Waals surface area contributed by atoms with E-state index >= 15 is 0 Å². The van der Waals surface area contributed by atoms with Crippen LogP contribution in [0.5, 0.6) is 0 Å². The average molecular weight is 295 g/mol. The van der Waals surface area contributed by atoms with E-state index in [0.717, 1.165) is 17.5 Å². The van der Waals surface area contributed by atoms with E-state index < -0.39 is 5.60 Å². The number of carbonyl (C=O) groups excluding carboxylic acids is 1. The Balaban J connectivity index is 2.21. The van der Waals surface area contributed by atoms with Crippen molar-refractivity contribution >= 4 is 6.09 Å². The van der Waals surface area contributed by atoms with Crippen molar-refractivity contribution in [2.75, 3.05) is 0 Å². The molecule has 0 radical (unpaired) electrons. The van der Waals surface area contributed by atoms with Crippen LogP contribution in [0.2, 0.25) is 0 Å². The molecule has 3 heteroatoms. The second kappa shape index (κ2) is 5.84. The van der Waals surface area contributed by atoms with Crippen LogP contribution in [0, 0.1) is 5.92 Å². The Kier molecular flexibility index (Phi) is 3.88. The van der Waals surface area contributed by atoms with Gasteiger partial charge in [0.2, 0.25) is 0 Å². The number of cyclic esters (lactones) is 1. The van der Waals surface area contributed by atoms with Crippen molar-refractivity contribution in [1.82, 2.24) is 5.32 Å². The summed E-state index contributed by atoms with van der Waals surface area (Å²) in [6, 6.07) is 19.9. The normalized spacial score (nSPS) is 21.0. The molecular weight excluding hydrogens is 274 g/mol. The molecule has 1 saturated heterocycles. The number of rotatable bonds is 4. The van der Waals surface area contributed by atoms with E-state index in [0.29, 0.717) is 5.92 Å². The summed E-state index contributed by atoms with van der Waals surface area (Å²) in [5.74, 6) is 0.298. The molecule has 1 aliphatic rings. The number of nitrogens with one attached hydrogen (secondary N) is 1. The Morgan fingerprint density at radius 2 is 1.55 bits per heavy atom. The fourth-order valence-electron chi connectivity index (χ4n) is 3.26. The Morgan fingerprint density at radius 3 is 2.00 bits per heavy atom. The van der Waals surface area contributed by atoms with Gasteiger partial charge in [-0.2, -0.15) is 0 Å². The van der Waals surface area contributed by atoms with Gasteiger partial charge in [0.05, 0.1) is 6.04 Å². The predicted molar refractivity (Wildman–Crippen MR) is 86.5 cm³/mol. The Hall–Kier alpha value is -2.29. The molecule has 3 nitrogen and oxygen atoms in total. The lowest BCUT2D eigenvalue weighted by Crippen LogP contribution is -2.46. The lowest BCUT2D eigenvalue weighted by molar-refractivity contribution is 0.0559. The average Bonchev–Trinajstić information content (AvgIpc) is 2.94. The lowest BCUT2D eigenvalue weighted by atomic mass is 9.75. The first kappa shape index (κ1) is 14.6. The number of carbonyl (C=O) groups is 1. The van der Waals surface area contributed by atoms with Crippen LogP contribution >= 0.6 is 0 Å². The highest BCUT2D eigenvalue weighted by Gasteiger charge is 2.53. The summed E-state index contributed by atoms with van der Waals surface area (Å²) < 4.78 is 5.91. The zero-order valence-corrected chi connectivity index (χ0v) is 13.0. The smallest absolute Gasteiger partial charge is 0.408 e. The van der Waals surface area contributed by atoms with Gasteiger partial charge in [-0.05, 0) is 5.92 Å². The highest BCUT2D eigenvalue weighted by molar-refractivity contribution is 5.73. The van der Waals surface area contributed by atoms with Crippen LogP contribution in [0.25, 0.3) is 0 Å². The minimum atomic E-state index is -0.769. The highest BCUT2D eigenvalue weighted by atomic mass is 16.6. The quantitative estimate of drug-likeness (QED) is 0.922. The summed E-state index contributed by atoms with van der Waals surface area (Å²) >= 11 is 0. The molecule has 0 aliphatic carbocycles. The zero-order valence-electron chi connectivity index (χ0n) is 13.0. The minimum Gasteiger partial charge on any atom is -0.431 e. The summed E-state index contributed by atoms with van der Waals surface area (Å²) in [7, 11) is 0. The third-order valence-corrected chi connectivity index (χ3v) is 4.58. The number of hydrogen-bond donors (Lipinski definition) is 1. The van der Waals surface area contributed by atoms with E-state index in [-0.39, 0.29) is 12.1 Å². The van der Waals surface area contributed by atoms with Crippen molar-refractivity contribution in [3.63, 3.8) is 0 Å². The molecule has 0 spiro atoms. The molecule has 114 valence electrons. The second-order valence-corrected chi connectivity index (χ2v) is 5.86. The maximum Gasteiger partial charge on any atom is 0.408 e. The Labute approximate surface area is 131 Å². The number of benzene rings is 2. The van der Waals surface area contributed by atoms with Gasteiger partial charge in [-0.25, -0.2) is 4.79 Å². The summed E-state index contributed by atoms with van der Waals surface area (Å²) in [6.07, 6.45) is 0.619. The summed E-state index contributed by atoms with van der Waals surface area (Å²) in [5, 5.41) is 3.03. The maximum atomic E-state index is 12.1. The first-order valence-corrected chi connectivity index (χ1v) is 7.79. The van der Waals surface area contributed by atoms with E-state index in [1.54, 1.807) is 0 Å². The fraction of sp³-hybridized carbons (Fsp3) is 0.316. The van der Waals surface area contributed by atoms with Crippen molar-refractivity contribution in [3.8, 4) is 0 Å². The minimum absolute atomic E-state index is 0.0881. The van der Waals surface area contributed by atoms with E-state index in [9.17, 15) is 4.79 Å². The third-order valence-electron chi connectivity index (χ3n) is 4.58. The van der Waals surface area contributed by atoms with Gasteiger partial charge in [0.1, 0.15) is 0 Å². The van der Waals surface area contributed by atoms with Crippen LogP contribution in [-0.2, 0) is 10.3 Å². The molecule has 2 aromatic rings. The highest BCUT2D eigenvalue weighted by Crippen LogP contribution is 2.43. The number of hydrogen-bond acceptors (Lipinski definition) is 2. The molecule has 1 heterocycles. The second-order valence-electron chi connectivity index (χ2n) is 5.86. The van der Waals surface area contributed by atoms with Crippen LogP contribution < -0.4 is 5.32 Å². The largest absolute Gasteiger partial charge is 0.431 e. The molecular formula is C19H21NO2. The fourth-order valence-corrected chi connectivity index (χ4v) is 3.26. The van der Waals surface area contributed by atoms with Crippen molar-refractivity contribution in [2.45, 2.75) is 31.9 Å². The van der Waals surface area contributed by atoms with Crippen molar-refractivity contribution in [1.29, 1.82) is 0 Å². The molecule has 1 aliphatic heterocycles. The zero-order chi connectivity index (χ0) is 15.6. The maximum absolute atomic E-state index is 12.1. The molecule has 3 rings (SSSR count). The van der Waals surface area contributed by atoms with E-state index in [2.05, 4.69) is 19.2 Å². The van der Waals surface area contributed by atoms with E-state index in [1.807, 2.05) is 60.7 Å². The van der Waals surface area contributed by atoms with Gasteiger partial charge in [0.15, 0.2) is 5.60 Å². The van der Waals surface area contributed by atoms with Gasteiger partial charge in [-0.3, -0.25) is 0 Å². The Morgan fingerprint density at radius 1 is 1.05 bits per heavy atom. The van der Waals surface area contributed by atoms with Crippen molar-refractivity contribution in [3.05, 3.63) is 71.8 Å². The van der Waals surface area contributed by atoms with E-state index in [4.69, 9.17) is 4.74 Å². The van der Waals surface area contributed by atoms with Crippen molar-refractivity contribution in [2.24, 2.45) is 5.92 Å². The molecule has 0 bridgehead atoms. The Bertz CT molecular complexity index is 599. The molecule has 0 aromatic heterocycles. The molecule has 1 unspecified atom stereocenters. The third kappa shape index (κ3) is 2.27. The van der Waals surface area contributed by atoms with Gasteiger partial charge < -0.3 is 10.1 Å². The monoisotopic (exact) mass is 295 g/mol. The topological polar surface area (TPSA) is 38.3 Å². The van der Waals surface area contributed by atoms with Gasteiger partial charge in [0.25, 0.3) is 0 Å². The van der Waals surface area contributed by atoms with Crippen LogP contribution in [-0.4, -0.2) is 12.1 Å². The van der Waals surface area contributed by atoms with Crippen LogP contribution in [0.4, 0.5) is 4.79 Å². The van der Waals surface area contributed by atoms with Gasteiger partial charge in [0, 0.05) is 11.1 Å². The lowest BCUT2D eigenvalue weighted by Gasteiger charge is -2.36. The molecule has 2 atom stereocenters. The molecule has 2 aromatic carbocycles. The van der Waals surface area contributed by atoms with Crippen molar-refractivity contribution < 1.29 is 9.53 Å². The predicted octanol–water partition coefficient (Wildman–Crippen LogP) is 4.08. The standard InChI is InChI=1S/C19H21NO2/c1-3-14(2)17-19(22-18(21)20-17,15-10-6-4-7-11-15)16-12-8-5-9-13-16/h4-14,17H,3H2,1-2H3,(H,20,21)/t14?,17-/m0/s1. The van der Waals surface area contributed by atoms with Crippen LogP contribution in [0.3, 0.4) is 0 Å². The number of ether oxygens (including phenoxy) is 1. The first-order valence-electron chi connectivity index (χ1n) is 7.79. The molecule has 0 saturated carbocycles. The number of alkyl carbamates (subject to hydrolysis) is 1. The first-order chi connectivity index (χ1) is 10.7. The van der Waals surface area contributed by atoms with Gasteiger partial charge in [-0.1, -0.05) is 80.9 Å². The molecule has 1 fully saturated rings. The summed E-state index contributed by atoms with van der Waals surface area (Å²) in [6.45, 7) is 4.29. The van der Waals surface area contributed by atoms with Gasteiger partial charge in [-0.15, -0.1) is 0 Å². The van der Waals surface area contributed by atoms with Crippen LogP contribution in [0.15, 0.2) is 60.7 Å². The number of amides is 1. The SMILES string of the molecule is CCC(C)[C@@H]1NC(=O)OC1(c1ccccc1)c1ccccc1.